The zero-order valence-electron chi connectivity index (χ0n) is 16.3. The SMILES string of the molecule is CC[C@H]1C=C[C@]2(O[C@@H]([C@@H](C)/C=C/C=C/C(=O)O)[C@@H](C)[C@@H](O)[C@@H]2C)O[C@@H]1C. The predicted molar refractivity (Wildman–Crippen MR) is 100 cm³/mol. The number of carboxylic acids is 1. The highest BCUT2D eigenvalue weighted by Gasteiger charge is 2.53. The van der Waals surface area contributed by atoms with Crippen molar-refractivity contribution in [2.75, 3.05) is 0 Å². The normalized spacial score (nSPS) is 41.9. The molecule has 0 aromatic rings. The predicted octanol–water partition coefficient (Wildman–Crippen LogP) is 3.55. The molecule has 0 radical (unpaired) electrons. The number of carbonyl (C=O) groups is 1. The van der Waals surface area contributed by atoms with Gasteiger partial charge in [0, 0.05) is 29.7 Å². The second kappa shape index (κ2) is 8.51. The number of hydrogen-bond donors (Lipinski definition) is 2. The molecule has 1 spiro atoms. The largest absolute Gasteiger partial charge is 0.478 e. The summed E-state index contributed by atoms with van der Waals surface area (Å²) in [5.74, 6) is -1.78. The number of allylic oxidation sites excluding steroid dienone is 2. The van der Waals surface area contributed by atoms with Crippen molar-refractivity contribution >= 4 is 5.97 Å². The van der Waals surface area contributed by atoms with Gasteiger partial charge in [0.2, 0.25) is 0 Å². The molecule has 2 aliphatic heterocycles. The van der Waals surface area contributed by atoms with Crippen LogP contribution >= 0.6 is 0 Å². The lowest BCUT2D eigenvalue weighted by atomic mass is 9.76. The molecule has 2 heterocycles. The minimum Gasteiger partial charge on any atom is -0.478 e. The van der Waals surface area contributed by atoms with Crippen LogP contribution in [-0.4, -0.2) is 40.3 Å². The van der Waals surface area contributed by atoms with Gasteiger partial charge in [0.25, 0.3) is 0 Å². The van der Waals surface area contributed by atoms with Crippen molar-refractivity contribution in [1.29, 1.82) is 0 Å². The fourth-order valence-electron chi connectivity index (χ4n) is 4.01. The van der Waals surface area contributed by atoms with Gasteiger partial charge in [-0.25, -0.2) is 4.79 Å². The molecule has 0 bridgehead atoms. The fourth-order valence-corrected chi connectivity index (χ4v) is 4.01. The standard InChI is InChI=1S/C21H32O5/c1-6-17-11-12-21(25-16(17)5)15(4)19(24)14(3)20(26-21)13(2)9-7-8-10-18(22)23/h7-17,19-20,24H,6H2,1-5H3,(H,22,23)/b9-7+,10-8+/t13-,14-,15-,16+,17-,19+,20-,21+/m0/s1. The molecular formula is C21H32O5. The molecule has 26 heavy (non-hydrogen) atoms. The van der Waals surface area contributed by atoms with Crippen LogP contribution in [0.4, 0.5) is 0 Å². The fraction of sp³-hybridized carbons (Fsp3) is 0.667. The van der Waals surface area contributed by atoms with Gasteiger partial charge in [-0.2, -0.15) is 0 Å². The van der Waals surface area contributed by atoms with Crippen molar-refractivity contribution in [3.05, 3.63) is 36.5 Å². The molecule has 2 rings (SSSR count). The Morgan fingerprint density at radius 2 is 1.96 bits per heavy atom. The number of aliphatic hydroxyl groups excluding tert-OH is 1. The van der Waals surface area contributed by atoms with Crippen LogP contribution in [0.1, 0.15) is 41.0 Å². The van der Waals surface area contributed by atoms with E-state index in [1.165, 1.54) is 6.08 Å². The van der Waals surface area contributed by atoms with Crippen LogP contribution in [0.2, 0.25) is 0 Å². The monoisotopic (exact) mass is 364 g/mol. The summed E-state index contributed by atoms with van der Waals surface area (Å²) >= 11 is 0. The Morgan fingerprint density at radius 3 is 2.54 bits per heavy atom. The molecule has 0 aromatic heterocycles. The van der Waals surface area contributed by atoms with E-state index in [0.29, 0.717) is 5.92 Å². The van der Waals surface area contributed by atoms with Gasteiger partial charge < -0.3 is 19.7 Å². The van der Waals surface area contributed by atoms with Crippen LogP contribution in [0.25, 0.3) is 0 Å². The van der Waals surface area contributed by atoms with Gasteiger partial charge >= 0.3 is 5.97 Å². The molecule has 0 aromatic carbocycles. The minimum atomic E-state index is -0.979. The van der Waals surface area contributed by atoms with E-state index in [2.05, 4.69) is 19.9 Å². The molecule has 1 saturated heterocycles. The number of ether oxygens (including phenoxy) is 2. The number of aliphatic hydroxyl groups is 1. The molecule has 0 saturated carbocycles. The van der Waals surface area contributed by atoms with E-state index in [4.69, 9.17) is 14.6 Å². The quantitative estimate of drug-likeness (QED) is 0.443. The van der Waals surface area contributed by atoms with E-state index in [-0.39, 0.29) is 30.0 Å². The summed E-state index contributed by atoms with van der Waals surface area (Å²) < 4.78 is 12.8. The number of aliphatic carboxylic acids is 1. The topological polar surface area (TPSA) is 76.0 Å². The molecule has 0 unspecified atom stereocenters. The lowest BCUT2D eigenvalue weighted by molar-refractivity contribution is -0.334. The summed E-state index contributed by atoms with van der Waals surface area (Å²) in [5, 5.41) is 19.5. The number of hydrogen-bond acceptors (Lipinski definition) is 4. The first-order chi connectivity index (χ1) is 12.2. The Labute approximate surface area is 156 Å². The van der Waals surface area contributed by atoms with Gasteiger partial charge in [-0.05, 0) is 19.4 Å². The zero-order valence-corrected chi connectivity index (χ0v) is 16.3. The average Bonchev–Trinajstić information content (AvgIpc) is 2.60. The summed E-state index contributed by atoms with van der Waals surface area (Å²) in [6, 6.07) is 0. The summed E-state index contributed by atoms with van der Waals surface area (Å²) in [6.45, 7) is 10.1. The summed E-state index contributed by atoms with van der Waals surface area (Å²) in [4.78, 5) is 10.6. The third kappa shape index (κ3) is 4.27. The van der Waals surface area contributed by atoms with Gasteiger partial charge in [-0.3, -0.25) is 0 Å². The van der Waals surface area contributed by atoms with Crippen LogP contribution in [0, 0.1) is 23.7 Å². The first kappa shape index (κ1) is 20.9. The van der Waals surface area contributed by atoms with E-state index < -0.39 is 17.9 Å². The van der Waals surface area contributed by atoms with Crippen molar-refractivity contribution in [2.45, 2.75) is 65.1 Å². The Kier molecular flexibility index (Phi) is 6.83. The number of carboxylic acid groups (broad SMARTS) is 1. The number of rotatable bonds is 5. The second-order valence-electron chi connectivity index (χ2n) is 7.64. The highest BCUT2D eigenvalue weighted by atomic mass is 16.7. The van der Waals surface area contributed by atoms with Gasteiger partial charge in [0.15, 0.2) is 5.79 Å². The van der Waals surface area contributed by atoms with Crippen molar-refractivity contribution in [3.8, 4) is 0 Å². The molecule has 146 valence electrons. The molecular weight excluding hydrogens is 332 g/mol. The lowest BCUT2D eigenvalue weighted by Gasteiger charge is -2.53. The first-order valence-electron chi connectivity index (χ1n) is 9.52. The summed E-state index contributed by atoms with van der Waals surface area (Å²) in [7, 11) is 0. The molecule has 0 amide bonds. The van der Waals surface area contributed by atoms with Crippen molar-refractivity contribution in [2.24, 2.45) is 23.7 Å². The Balaban J connectivity index is 2.22. The lowest BCUT2D eigenvalue weighted by Crippen LogP contribution is -2.60. The first-order valence-corrected chi connectivity index (χ1v) is 9.52. The smallest absolute Gasteiger partial charge is 0.328 e. The van der Waals surface area contributed by atoms with E-state index in [1.807, 2.05) is 32.9 Å². The van der Waals surface area contributed by atoms with Crippen molar-refractivity contribution in [3.63, 3.8) is 0 Å². The molecule has 2 aliphatic rings. The maximum absolute atomic E-state index is 10.8. The van der Waals surface area contributed by atoms with Gasteiger partial charge in [0.1, 0.15) is 0 Å². The molecule has 5 heteroatoms. The van der Waals surface area contributed by atoms with E-state index in [0.717, 1.165) is 12.5 Å². The molecule has 0 aliphatic carbocycles. The summed E-state index contributed by atoms with van der Waals surface area (Å²) in [6.07, 6.45) is 10.6. The third-order valence-electron chi connectivity index (χ3n) is 5.83. The van der Waals surface area contributed by atoms with Crippen molar-refractivity contribution < 1.29 is 24.5 Å². The minimum absolute atomic E-state index is 0.00123. The maximum Gasteiger partial charge on any atom is 0.328 e. The Hall–Kier alpha value is -1.43. The molecule has 8 atom stereocenters. The van der Waals surface area contributed by atoms with Gasteiger partial charge in [-0.1, -0.05) is 52.0 Å². The van der Waals surface area contributed by atoms with Gasteiger partial charge in [0.05, 0.1) is 18.3 Å². The highest BCUT2D eigenvalue weighted by Crippen LogP contribution is 2.45. The van der Waals surface area contributed by atoms with Crippen molar-refractivity contribution in [1.82, 2.24) is 0 Å². The van der Waals surface area contributed by atoms with E-state index in [1.54, 1.807) is 6.08 Å². The van der Waals surface area contributed by atoms with Crippen LogP contribution in [0.5, 0.6) is 0 Å². The van der Waals surface area contributed by atoms with Crippen LogP contribution < -0.4 is 0 Å². The Morgan fingerprint density at radius 1 is 1.27 bits per heavy atom. The average molecular weight is 364 g/mol. The maximum atomic E-state index is 10.8. The van der Waals surface area contributed by atoms with Crippen LogP contribution in [0.15, 0.2) is 36.5 Å². The van der Waals surface area contributed by atoms with E-state index in [9.17, 15) is 9.90 Å². The molecule has 1 fully saturated rings. The second-order valence-corrected chi connectivity index (χ2v) is 7.64. The van der Waals surface area contributed by atoms with Crippen LogP contribution in [0.3, 0.4) is 0 Å². The highest BCUT2D eigenvalue weighted by molar-refractivity contribution is 5.80. The van der Waals surface area contributed by atoms with Crippen LogP contribution in [-0.2, 0) is 14.3 Å². The third-order valence-corrected chi connectivity index (χ3v) is 5.83. The van der Waals surface area contributed by atoms with Gasteiger partial charge in [-0.15, -0.1) is 0 Å². The molecule has 2 N–H and O–H groups in total. The molecule has 5 nitrogen and oxygen atoms in total. The summed E-state index contributed by atoms with van der Waals surface area (Å²) in [5.41, 5.74) is 0. The van der Waals surface area contributed by atoms with E-state index >= 15 is 0 Å². The zero-order chi connectivity index (χ0) is 19.5. The Bertz CT molecular complexity index is 581.